The van der Waals surface area contributed by atoms with Crippen molar-refractivity contribution in [1.82, 2.24) is 0 Å². The first-order valence-electron chi connectivity index (χ1n) is 15.3. The highest BCUT2D eigenvalue weighted by molar-refractivity contribution is 7.09. The van der Waals surface area contributed by atoms with Crippen molar-refractivity contribution < 1.29 is 57.6 Å². The molecule has 1 saturated heterocycles. The third-order valence-electron chi connectivity index (χ3n) is 10.9. The number of esters is 4. The average molecular weight is 663 g/mol. The molecule has 1 heterocycles. The van der Waals surface area contributed by atoms with Crippen LogP contribution < -0.4 is 0 Å². The highest BCUT2D eigenvalue weighted by atomic mass is 31.0. The van der Waals surface area contributed by atoms with Crippen molar-refractivity contribution in [3.8, 4) is 0 Å². The zero-order valence-electron chi connectivity index (χ0n) is 27.1. The van der Waals surface area contributed by atoms with Gasteiger partial charge in [-0.25, -0.2) is 4.79 Å². The average Bonchev–Trinajstić information content (AvgIpc) is 2.96. The van der Waals surface area contributed by atoms with Gasteiger partial charge >= 0.3 is 23.9 Å². The maximum Gasteiger partial charge on any atom is 0.338 e. The first-order valence-corrected chi connectivity index (χ1v) is 15.8. The van der Waals surface area contributed by atoms with Crippen molar-refractivity contribution in [2.24, 2.45) is 16.7 Å². The Balaban J connectivity index is 1.87. The maximum atomic E-state index is 14.0. The number of carbonyl (C=O) groups is 4. The Morgan fingerprint density at radius 3 is 2.11 bits per heavy atom. The van der Waals surface area contributed by atoms with Crippen LogP contribution in [0.2, 0.25) is 0 Å². The van der Waals surface area contributed by atoms with E-state index in [-0.39, 0.29) is 25.0 Å². The number of hydrogen-bond acceptors (Lipinski definition) is 12. The van der Waals surface area contributed by atoms with E-state index in [2.05, 4.69) is 9.47 Å². The van der Waals surface area contributed by atoms with E-state index in [4.69, 9.17) is 28.2 Å². The quantitative estimate of drug-likeness (QED) is 0.199. The molecule has 1 aromatic carbocycles. The molecule has 11 atom stereocenters. The predicted molar refractivity (Wildman–Crippen MR) is 164 cm³/mol. The van der Waals surface area contributed by atoms with Crippen LogP contribution in [0.5, 0.6) is 0 Å². The Morgan fingerprint density at radius 2 is 1.59 bits per heavy atom. The lowest BCUT2D eigenvalue weighted by molar-refractivity contribution is -0.362. The summed E-state index contributed by atoms with van der Waals surface area (Å²) in [5, 5.41) is 25.9. The van der Waals surface area contributed by atoms with Crippen molar-refractivity contribution in [3.05, 3.63) is 47.0 Å². The molecular weight excluding hydrogens is 619 g/mol. The van der Waals surface area contributed by atoms with E-state index in [1.54, 1.807) is 58.0 Å². The van der Waals surface area contributed by atoms with Gasteiger partial charge in [-0.15, -0.1) is 0 Å². The van der Waals surface area contributed by atoms with Crippen LogP contribution in [0.15, 0.2) is 41.5 Å². The van der Waals surface area contributed by atoms with Crippen molar-refractivity contribution in [3.63, 3.8) is 0 Å². The number of rotatable bonds is 6. The molecule has 1 aromatic rings. The van der Waals surface area contributed by atoms with E-state index < -0.39 is 88.5 Å². The van der Waals surface area contributed by atoms with Gasteiger partial charge in [0.1, 0.15) is 30.0 Å². The smallest absolute Gasteiger partial charge is 0.338 e. The maximum absolute atomic E-state index is 14.0. The summed E-state index contributed by atoms with van der Waals surface area (Å²) in [6, 6.07) is 8.21. The molecular formula is C33H43O12P. The molecule has 3 aliphatic carbocycles. The number of aliphatic hydroxyl groups excluding tert-OH is 1. The minimum Gasteiger partial charge on any atom is -0.458 e. The summed E-state index contributed by atoms with van der Waals surface area (Å²) in [6.45, 7) is 10.3. The van der Waals surface area contributed by atoms with E-state index in [1.807, 2.05) is 0 Å². The van der Waals surface area contributed by atoms with Gasteiger partial charge in [0.2, 0.25) is 0 Å². The van der Waals surface area contributed by atoms with E-state index in [0.29, 0.717) is 11.1 Å². The highest BCUT2D eigenvalue weighted by Crippen LogP contribution is 2.66. The van der Waals surface area contributed by atoms with Crippen LogP contribution >= 0.6 is 9.47 Å². The molecule has 1 unspecified atom stereocenters. The summed E-state index contributed by atoms with van der Waals surface area (Å²) in [6.07, 6.45) is -7.18. The molecule has 2 saturated carbocycles. The summed E-state index contributed by atoms with van der Waals surface area (Å²) in [5.74, 6) is -3.95. The molecule has 13 heteroatoms. The fourth-order valence-corrected chi connectivity index (χ4v) is 9.05. The molecule has 0 spiro atoms. The normalized spacial score (nSPS) is 39.3. The number of ether oxygens (including phenoxy) is 5. The molecule has 1 aliphatic heterocycles. The summed E-state index contributed by atoms with van der Waals surface area (Å²) in [5.41, 5.74) is -5.47. The monoisotopic (exact) mass is 662 g/mol. The van der Waals surface area contributed by atoms with Crippen LogP contribution in [0.4, 0.5) is 0 Å². The van der Waals surface area contributed by atoms with E-state index in [9.17, 15) is 29.4 Å². The molecule has 0 radical (unpaired) electrons. The van der Waals surface area contributed by atoms with E-state index in [1.165, 1.54) is 20.8 Å². The third-order valence-corrected chi connectivity index (χ3v) is 11.2. The predicted octanol–water partition coefficient (Wildman–Crippen LogP) is 2.83. The second-order valence-electron chi connectivity index (χ2n) is 13.7. The van der Waals surface area contributed by atoms with Gasteiger partial charge in [0, 0.05) is 53.9 Å². The van der Waals surface area contributed by atoms with Crippen molar-refractivity contribution >= 4 is 33.3 Å². The van der Waals surface area contributed by atoms with Gasteiger partial charge in [-0.2, -0.15) is 0 Å². The fourth-order valence-electron chi connectivity index (χ4n) is 8.64. The van der Waals surface area contributed by atoms with E-state index in [0.717, 1.165) is 0 Å². The molecule has 5 rings (SSSR count). The first-order chi connectivity index (χ1) is 21.5. The molecule has 46 heavy (non-hydrogen) atoms. The zero-order chi connectivity index (χ0) is 34.0. The van der Waals surface area contributed by atoms with Crippen LogP contribution in [0.1, 0.15) is 71.7 Å². The topological polar surface area (TPSA) is 164 Å². The van der Waals surface area contributed by atoms with Crippen molar-refractivity contribution in [1.29, 1.82) is 0 Å². The van der Waals surface area contributed by atoms with Crippen LogP contribution in [-0.4, -0.2) is 88.5 Å². The summed E-state index contributed by atoms with van der Waals surface area (Å²) in [7, 11) is 2.20. The van der Waals surface area contributed by atoms with Crippen molar-refractivity contribution in [2.45, 2.75) is 109 Å². The second-order valence-corrected chi connectivity index (χ2v) is 13.9. The number of aliphatic hydroxyl groups is 2. The van der Waals surface area contributed by atoms with Gasteiger partial charge in [0.05, 0.1) is 24.2 Å². The molecule has 0 aromatic heterocycles. The summed E-state index contributed by atoms with van der Waals surface area (Å²) < 4.78 is 36.0. The highest BCUT2D eigenvalue weighted by Gasteiger charge is 2.78. The van der Waals surface area contributed by atoms with Crippen LogP contribution in [0.3, 0.4) is 0 Å². The largest absolute Gasteiger partial charge is 0.458 e. The Kier molecular flexibility index (Phi) is 8.96. The number of benzene rings is 1. The lowest BCUT2D eigenvalue weighted by atomic mass is 9.44. The van der Waals surface area contributed by atoms with E-state index >= 15 is 0 Å². The number of fused-ring (bicyclic) bond motifs is 5. The molecule has 2 N–H and O–H groups in total. The summed E-state index contributed by atoms with van der Waals surface area (Å²) in [4.78, 5) is 51.8. The Labute approximate surface area is 270 Å². The SMILES string of the molecule is CC(=O)O[C@H]1C[C@@]2(O)[C@@H](OC(=O)c3ccccc3)[C@@H]3[C@]4(OC(C)=O)CO[C@@H]4C[C@H](OP)[C@@]3(C)[C@@H](O)[C@H](OC(C)=O)C(=C1C)C2(C)C. The molecule has 252 valence electrons. The van der Waals surface area contributed by atoms with Crippen LogP contribution in [0, 0.1) is 16.7 Å². The Hall–Kier alpha value is -2.89. The minimum atomic E-state index is -2.06. The van der Waals surface area contributed by atoms with Gasteiger partial charge in [0.25, 0.3) is 0 Å². The molecule has 4 aliphatic rings. The van der Waals surface area contributed by atoms with Crippen molar-refractivity contribution in [2.75, 3.05) is 6.61 Å². The third kappa shape index (κ3) is 5.08. The van der Waals surface area contributed by atoms with Gasteiger partial charge in [-0.05, 0) is 30.2 Å². The van der Waals surface area contributed by atoms with Gasteiger partial charge in [0.15, 0.2) is 11.7 Å². The number of carbonyl (C=O) groups excluding carboxylic acids is 4. The molecule has 0 amide bonds. The van der Waals surface area contributed by atoms with Crippen LogP contribution in [-0.2, 0) is 42.6 Å². The van der Waals surface area contributed by atoms with Gasteiger partial charge in [-0.3, -0.25) is 14.4 Å². The zero-order valence-corrected chi connectivity index (χ0v) is 28.3. The summed E-state index contributed by atoms with van der Waals surface area (Å²) >= 11 is 0. The molecule has 2 bridgehead atoms. The molecule has 12 nitrogen and oxygen atoms in total. The number of hydrogen-bond donors (Lipinski definition) is 2. The minimum absolute atomic E-state index is 0.128. The first kappa shape index (κ1) is 34.4. The second kappa shape index (κ2) is 12.0. The standard InChI is InChI=1S/C33H43O12P/c1-16-21(41-17(2)34)14-33(39)28(43-29(38)20-11-9-8-10-12-20)26-31(7,27(37)25(42-18(3)35)24(16)30(33,5)6)22(45-46)13-23-32(26,15-40-23)44-19(4)36/h8-12,21-23,25-28,37,39H,13-15,46H2,1-7H3/t21-,22-,23+,25+,26-,27-,28-,31+,32-,33+/m0/s1. The Bertz CT molecular complexity index is 1440. The van der Waals surface area contributed by atoms with Gasteiger partial charge in [-0.1, -0.05) is 39.0 Å². The molecule has 3 fully saturated rings. The fraction of sp³-hybridized carbons (Fsp3) is 0.636. The lowest BCUT2D eigenvalue weighted by Gasteiger charge is -2.69. The van der Waals surface area contributed by atoms with Gasteiger partial charge < -0.3 is 38.4 Å². The van der Waals surface area contributed by atoms with Crippen LogP contribution in [0.25, 0.3) is 0 Å². The lowest BCUT2D eigenvalue weighted by Crippen LogP contribution is -2.82. The Morgan fingerprint density at radius 1 is 0.957 bits per heavy atom.